The Morgan fingerprint density at radius 3 is 2.87 bits per heavy atom. The minimum Gasteiger partial charge on any atom is -0.495 e. The number of nitrogens with zero attached hydrogens (tertiary/aromatic N) is 4. The third-order valence-corrected chi connectivity index (χ3v) is 5.86. The predicted octanol–water partition coefficient (Wildman–Crippen LogP) is 4.41. The summed E-state index contributed by atoms with van der Waals surface area (Å²) >= 11 is 2.40. The number of hydrogen-bond acceptors (Lipinski definition) is 7. The molecule has 0 saturated carbocycles. The number of benzene rings is 2. The number of thiazole rings is 1. The van der Waals surface area contributed by atoms with Crippen molar-refractivity contribution in [2.45, 2.75) is 5.16 Å². The summed E-state index contributed by atoms with van der Waals surface area (Å²) in [6, 6.07) is 10.9. The van der Waals surface area contributed by atoms with Crippen molar-refractivity contribution >= 4 is 34.1 Å². The fourth-order valence-corrected chi connectivity index (χ4v) is 4.18. The molecule has 4 aromatic rings. The van der Waals surface area contributed by atoms with E-state index < -0.39 is 11.6 Å². The molecule has 0 atom stereocenters. The van der Waals surface area contributed by atoms with Crippen LogP contribution in [0, 0.1) is 11.6 Å². The first-order chi connectivity index (χ1) is 15.0. The number of thioether (sulfide) groups is 1. The third kappa shape index (κ3) is 4.72. The van der Waals surface area contributed by atoms with Crippen LogP contribution in [0.2, 0.25) is 0 Å². The van der Waals surface area contributed by atoms with E-state index in [1.165, 1.54) is 29.2 Å². The molecule has 0 radical (unpaired) electrons. The highest BCUT2D eigenvalue weighted by atomic mass is 32.2. The van der Waals surface area contributed by atoms with Crippen LogP contribution in [-0.4, -0.2) is 38.5 Å². The maximum Gasteiger partial charge on any atom is 0.236 e. The van der Waals surface area contributed by atoms with E-state index in [2.05, 4.69) is 20.5 Å². The van der Waals surface area contributed by atoms with Gasteiger partial charge in [0, 0.05) is 10.9 Å². The zero-order valence-electron chi connectivity index (χ0n) is 16.1. The average molecular weight is 460 g/mol. The lowest BCUT2D eigenvalue weighted by molar-refractivity contribution is -0.113. The number of para-hydroxylation sites is 2. The molecule has 0 fully saturated rings. The lowest BCUT2D eigenvalue weighted by Crippen LogP contribution is -2.14. The molecule has 0 bridgehead atoms. The molecule has 158 valence electrons. The van der Waals surface area contributed by atoms with Gasteiger partial charge in [0.05, 0.1) is 24.2 Å². The Bertz CT molecular complexity index is 1230. The topological polar surface area (TPSA) is 81.9 Å². The summed E-state index contributed by atoms with van der Waals surface area (Å²) in [6.45, 7) is 0. The molecule has 0 aliphatic heterocycles. The molecule has 31 heavy (non-hydrogen) atoms. The number of ether oxygens (including phenoxy) is 1. The van der Waals surface area contributed by atoms with Crippen LogP contribution in [0.25, 0.3) is 16.9 Å². The van der Waals surface area contributed by atoms with E-state index in [1.54, 1.807) is 23.4 Å². The van der Waals surface area contributed by atoms with Crippen molar-refractivity contribution < 1.29 is 18.3 Å². The second-order valence-corrected chi connectivity index (χ2v) is 7.96. The molecule has 0 spiro atoms. The van der Waals surface area contributed by atoms with Gasteiger partial charge in [-0.25, -0.2) is 13.8 Å². The number of methoxy groups -OCH3 is 1. The molecular weight excluding hydrogens is 444 g/mol. The zero-order chi connectivity index (χ0) is 21.8. The van der Waals surface area contributed by atoms with Gasteiger partial charge in [-0.2, -0.15) is 0 Å². The Balaban J connectivity index is 1.40. The standard InChI is InChI=1S/C20H15F2N5O2S2/c1-29-17-5-3-2-4-16(17)27-11-23-26-20(27)31-10-18(28)25-19-24-15(9-30-19)12-6-7-13(21)14(22)8-12/h2-9,11H,10H2,1H3,(H,24,25,28). The normalized spacial score (nSPS) is 10.8. The van der Waals surface area contributed by atoms with Crippen LogP contribution in [0.3, 0.4) is 0 Å². The quantitative estimate of drug-likeness (QED) is 0.413. The van der Waals surface area contributed by atoms with Crippen LogP contribution in [-0.2, 0) is 4.79 Å². The van der Waals surface area contributed by atoms with Crippen LogP contribution in [0.5, 0.6) is 5.75 Å². The molecular formula is C20H15F2N5O2S2. The van der Waals surface area contributed by atoms with E-state index in [1.807, 2.05) is 24.3 Å². The molecule has 11 heteroatoms. The van der Waals surface area contributed by atoms with Crippen LogP contribution < -0.4 is 10.1 Å². The molecule has 2 aromatic heterocycles. The van der Waals surface area contributed by atoms with E-state index in [-0.39, 0.29) is 11.7 Å². The lowest BCUT2D eigenvalue weighted by Gasteiger charge is -2.10. The minimum absolute atomic E-state index is 0.0773. The molecule has 0 unspecified atom stereocenters. The van der Waals surface area contributed by atoms with Gasteiger partial charge in [0.25, 0.3) is 0 Å². The van der Waals surface area contributed by atoms with Gasteiger partial charge in [0.2, 0.25) is 5.91 Å². The number of anilines is 1. The number of nitrogens with one attached hydrogen (secondary N) is 1. The van der Waals surface area contributed by atoms with Gasteiger partial charge < -0.3 is 10.1 Å². The SMILES string of the molecule is COc1ccccc1-n1cnnc1SCC(=O)Nc1nc(-c2ccc(F)c(F)c2)cs1. The van der Waals surface area contributed by atoms with Crippen molar-refractivity contribution in [3.05, 3.63) is 65.8 Å². The van der Waals surface area contributed by atoms with Crippen LogP contribution in [0.4, 0.5) is 13.9 Å². The van der Waals surface area contributed by atoms with Gasteiger partial charge in [-0.3, -0.25) is 9.36 Å². The van der Waals surface area contributed by atoms with E-state index in [0.717, 1.165) is 17.8 Å². The number of hydrogen-bond donors (Lipinski definition) is 1. The first kappa shape index (κ1) is 20.9. The van der Waals surface area contributed by atoms with E-state index in [9.17, 15) is 13.6 Å². The fourth-order valence-electron chi connectivity index (χ4n) is 2.72. The lowest BCUT2D eigenvalue weighted by atomic mass is 10.2. The van der Waals surface area contributed by atoms with Gasteiger partial charge in [-0.15, -0.1) is 21.5 Å². The Hall–Kier alpha value is -3.31. The maximum atomic E-state index is 13.4. The molecule has 0 aliphatic carbocycles. The van der Waals surface area contributed by atoms with Gasteiger partial charge in [-0.1, -0.05) is 23.9 Å². The number of carbonyl (C=O) groups excluding carboxylic acids is 1. The Morgan fingerprint density at radius 1 is 1.23 bits per heavy atom. The summed E-state index contributed by atoms with van der Waals surface area (Å²) in [5.41, 5.74) is 1.63. The largest absolute Gasteiger partial charge is 0.495 e. The molecule has 0 saturated heterocycles. The predicted molar refractivity (Wildman–Crippen MR) is 115 cm³/mol. The number of carbonyl (C=O) groups is 1. The summed E-state index contributed by atoms with van der Waals surface area (Å²) in [5.74, 6) is -1.43. The summed E-state index contributed by atoms with van der Waals surface area (Å²) in [4.78, 5) is 16.6. The molecule has 0 aliphatic rings. The molecule has 1 amide bonds. The molecule has 1 N–H and O–H groups in total. The van der Waals surface area contributed by atoms with Gasteiger partial charge in [0.15, 0.2) is 21.9 Å². The summed E-state index contributed by atoms with van der Waals surface area (Å²) in [5, 5.41) is 13.2. The third-order valence-electron chi connectivity index (χ3n) is 4.16. The second-order valence-electron chi connectivity index (χ2n) is 6.16. The second kappa shape index (κ2) is 9.23. The van der Waals surface area contributed by atoms with Gasteiger partial charge in [0.1, 0.15) is 12.1 Å². The smallest absolute Gasteiger partial charge is 0.236 e. The van der Waals surface area contributed by atoms with Gasteiger partial charge in [-0.05, 0) is 30.3 Å². The average Bonchev–Trinajstić information content (AvgIpc) is 3.43. The maximum absolute atomic E-state index is 13.4. The van der Waals surface area contributed by atoms with Crippen LogP contribution in [0.15, 0.2) is 59.3 Å². The molecule has 4 rings (SSSR count). The van der Waals surface area contributed by atoms with Crippen molar-refractivity contribution in [2.24, 2.45) is 0 Å². The van der Waals surface area contributed by atoms with Crippen molar-refractivity contribution in [3.8, 4) is 22.7 Å². The highest BCUT2D eigenvalue weighted by Crippen LogP contribution is 2.28. The first-order valence-electron chi connectivity index (χ1n) is 8.92. The first-order valence-corrected chi connectivity index (χ1v) is 10.8. The number of halogens is 2. The van der Waals surface area contributed by atoms with Crippen molar-refractivity contribution in [1.29, 1.82) is 0 Å². The van der Waals surface area contributed by atoms with E-state index in [0.29, 0.717) is 27.3 Å². The highest BCUT2D eigenvalue weighted by Gasteiger charge is 2.14. The number of aromatic nitrogens is 4. The highest BCUT2D eigenvalue weighted by molar-refractivity contribution is 7.99. The van der Waals surface area contributed by atoms with Crippen molar-refractivity contribution in [3.63, 3.8) is 0 Å². The summed E-state index contributed by atoms with van der Waals surface area (Å²) in [6.07, 6.45) is 1.55. The number of rotatable bonds is 7. The number of amides is 1. The van der Waals surface area contributed by atoms with Crippen LogP contribution in [0.1, 0.15) is 0 Å². The summed E-state index contributed by atoms with van der Waals surface area (Å²) < 4.78 is 33.6. The summed E-state index contributed by atoms with van der Waals surface area (Å²) in [7, 11) is 1.58. The molecule has 2 heterocycles. The zero-order valence-corrected chi connectivity index (χ0v) is 17.7. The monoisotopic (exact) mass is 459 g/mol. The van der Waals surface area contributed by atoms with Gasteiger partial charge >= 0.3 is 0 Å². The Morgan fingerprint density at radius 2 is 2.06 bits per heavy atom. The van der Waals surface area contributed by atoms with E-state index in [4.69, 9.17) is 4.74 Å². The Kier molecular flexibility index (Phi) is 6.23. The minimum atomic E-state index is -0.952. The molecule has 2 aromatic carbocycles. The Labute approximate surface area is 184 Å². The van der Waals surface area contributed by atoms with Crippen molar-refractivity contribution in [1.82, 2.24) is 19.7 Å². The van der Waals surface area contributed by atoms with Crippen molar-refractivity contribution in [2.75, 3.05) is 18.2 Å². The van der Waals surface area contributed by atoms with Crippen LogP contribution >= 0.6 is 23.1 Å². The van der Waals surface area contributed by atoms with E-state index >= 15 is 0 Å². The fraction of sp³-hybridized carbons (Fsp3) is 0.100. The molecule has 7 nitrogen and oxygen atoms in total.